The van der Waals surface area contributed by atoms with Crippen LogP contribution >= 0.6 is 0 Å². The molecule has 0 fully saturated rings. The molecule has 0 aliphatic carbocycles. The lowest BCUT2D eigenvalue weighted by Crippen LogP contribution is -2.07. The molecular formula is C14H14FNO3S. The standard InChI is InChI=1S/C14H14FNO3S/c1-19-14-5-3-2-4-10(14)9-20(17,18)13-7-11(15)6-12(16)8-13/h2-8H,9,16H2,1H3. The van der Waals surface area contributed by atoms with Crippen molar-refractivity contribution in [2.24, 2.45) is 0 Å². The SMILES string of the molecule is COc1ccccc1CS(=O)(=O)c1cc(N)cc(F)c1. The highest BCUT2D eigenvalue weighted by Crippen LogP contribution is 2.25. The molecule has 0 aliphatic heterocycles. The summed E-state index contributed by atoms with van der Waals surface area (Å²) in [6, 6.07) is 10.1. The Morgan fingerprint density at radius 2 is 1.90 bits per heavy atom. The number of methoxy groups -OCH3 is 1. The molecule has 0 saturated heterocycles. The molecule has 0 saturated carbocycles. The van der Waals surface area contributed by atoms with E-state index < -0.39 is 15.7 Å². The minimum atomic E-state index is -3.69. The first-order valence-corrected chi connectivity index (χ1v) is 7.48. The summed E-state index contributed by atoms with van der Waals surface area (Å²) in [6.07, 6.45) is 0. The second kappa shape index (κ2) is 5.50. The maximum Gasteiger partial charge on any atom is 0.182 e. The van der Waals surface area contributed by atoms with Crippen LogP contribution in [0.4, 0.5) is 10.1 Å². The number of rotatable bonds is 4. The van der Waals surface area contributed by atoms with E-state index in [0.717, 1.165) is 12.1 Å². The van der Waals surface area contributed by atoms with Gasteiger partial charge in [0, 0.05) is 11.3 Å². The first kappa shape index (κ1) is 14.3. The molecule has 4 nitrogen and oxygen atoms in total. The van der Waals surface area contributed by atoms with Crippen molar-refractivity contribution in [3.05, 3.63) is 53.8 Å². The van der Waals surface area contributed by atoms with Gasteiger partial charge < -0.3 is 10.5 Å². The fraction of sp³-hybridized carbons (Fsp3) is 0.143. The van der Waals surface area contributed by atoms with Gasteiger partial charge in [-0.1, -0.05) is 18.2 Å². The van der Waals surface area contributed by atoms with Gasteiger partial charge in [-0.25, -0.2) is 12.8 Å². The van der Waals surface area contributed by atoms with Gasteiger partial charge in [0.2, 0.25) is 0 Å². The Morgan fingerprint density at radius 1 is 1.20 bits per heavy atom. The summed E-state index contributed by atoms with van der Waals surface area (Å²) in [4.78, 5) is -0.138. The molecule has 0 amide bonds. The van der Waals surface area contributed by atoms with Crippen LogP contribution in [0.15, 0.2) is 47.4 Å². The monoisotopic (exact) mass is 295 g/mol. The molecule has 0 atom stereocenters. The molecule has 6 heteroatoms. The van der Waals surface area contributed by atoms with Crippen LogP contribution in [0, 0.1) is 5.82 Å². The number of halogens is 1. The van der Waals surface area contributed by atoms with Crippen molar-refractivity contribution in [2.45, 2.75) is 10.6 Å². The molecular weight excluding hydrogens is 281 g/mol. The van der Waals surface area contributed by atoms with E-state index in [-0.39, 0.29) is 16.3 Å². The van der Waals surface area contributed by atoms with Gasteiger partial charge in [-0.15, -0.1) is 0 Å². The Morgan fingerprint density at radius 3 is 2.55 bits per heavy atom. The smallest absolute Gasteiger partial charge is 0.182 e. The summed E-state index contributed by atoms with van der Waals surface area (Å²) in [5.41, 5.74) is 6.06. The number of sulfone groups is 1. The molecule has 2 N–H and O–H groups in total. The number of benzene rings is 2. The van der Waals surface area contributed by atoms with E-state index in [4.69, 9.17) is 10.5 Å². The first-order chi connectivity index (χ1) is 9.42. The molecule has 0 bridgehead atoms. The number of nitrogens with two attached hydrogens (primary N) is 1. The van der Waals surface area contributed by atoms with Gasteiger partial charge in [-0.3, -0.25) is 0 Å². The van der Waals surface area contributed by atoms with Gasteiger partial charge in [0.15, 0.2) is 9.84 Å². The minimum Gasteiger partial charge on any atom is -0.496 e. The predicted octanol–water partition coefficient (Wildman–Crippen LogP) is 2.39. The van der Waals surface area contributed by atoms with Crippen molar-refractivity contribution in [1.82, 2.24) is 0 Å². The van der Waals surface area contributed by atoms with Crippen molar-refractivity contribution in [3.63, 3.8) is 0 Å². The van der Waals surface area contributed by atoms with E-state index in [0.29, 0.717) is 11.3 Å². The van der Waals surface area contributed by atoms with E-state index in [1.807, 2.05) is 0 Å². The van der Waals surface area contributed by atoms with E-state index in [1.54, 1.807) is 24.3 Å². The van der Waals surface area contributed by atoms with E-state index in [2.05, 4.69) is 0 Å². The van der Waals surface area contributed by atoms with Crippen molar-refractivity contribution in [1.29, 1.82) is 0 Å². The lowest BCUT2D eigenvalue weighted by atomic mass is 10.2. The quantitative estimate of drug-likeness (QED) is 0.879. The van der Waals surface area contributed by atoms with Crippen LogP contribution in [0.3, 0.4) is 0 Å². The Bertz CT molecular complexity index is 709. The molecule has 0 aromatic heterocycles. The Kier molecular flexibility index (Phi) is 3.94. The van der Waals surface area contributed by atoms with Crippen LogP contribution in [-0.2, 0) is 15.6 Å². The molecule has 106 valence electrons. The molecule has 0 spiro atoms. The molecule has 2 aromatic carbocycles. The highest BCUT2D eigenvalue weighted by atomic mass is 32.2. The number of ether oxygens (including phenoxy) is 1. The third kappa shape index (κ3) is 3.08. The number of hydrogen-bond acceptors (Lipinski definition) is 4. The van der Waals surface area contributed by atoms with Crippen LogP contribution in [0.5, 0.6) is 5.75 Å². The number of hydrogen-bond donors (Lipinski definition) is 1. The average molecular weight is 295 g/mol. The zero-order valence-electron chi connectivity index (χ0n) is 10.8. The minimum absolute atomic E-state index is 0.0728. The predicted molar refractivity (Wildman–Crippen MR) is 74.7 cm³/mol. The van der Waals surface area contributed by atoms with Gasteiger partial charge in [-0.2, -0.15) is 0 Å². The van der Waals surface area contributed by atoms with E-state index >= 15 is 0 Å². The second-order valence-corrected chi connectivity index (χ2v) is 6.28. The third-order valence-electron chi connectivity index (χ3n) is 2.79. The van der Waals surface area contributed by atoms with Crippen molar-refractivity contribution in [3.8, 4) is 5.75 Å². The molecule has 0 radical (unpaired) electrons. The lowest BCUT2D eigenvalue weighted by Gasteiger charge is -2.09. The molecule has 2 rings (SSSR count). The van der Waals surface area contributed by atoms with Crippen LogP contribution in [0.2, 0.25) is 0 Å². The molecule has 0 unspecified atom stereocenters. The number of anilines is 1. The van der Waals surface area contributed by atoms with Crippen molar-refractivity contribution < 1.29 is 17.5 Å². The lowest BCUT2D eigenvalue weighted by molar-refractivity contribution is 0.411. The van der Waals surface area contributed by atoms with Crippen LogP contribution < -0.4 is 10.5 Å². The highest BCUT2D eigenvalue weighted by Gasteiger charge is 2.19. The number of nitrogen functional groups attached to an aromatic ring is 1. The van der Waals surface area contributed by atoms with Gasteiger partial charge in [0.1, 0.15) is 11.6 Å². The van der Waals surface area contributed by atoms with Crippen LogP contribution in [0.25, 0.3) is 0 Å². The Balaban J connectivity index is 2.41. The topological polar surface area (TPSA) is 69.4 Å². The van der Waals surface area contributed by atoms with Crippen molar-refractivity contribution >= 4 is 15.5 Å². The van der Waals surface area contributed by atoms with Crippen molar-refractivity contribution in [2.75, 3.05) is 12.8 Å². The summed E-state index contributed by atoms with van der Waals surface area (Å²) in [7, 11) is -2.23. The first-order valence-electron chi connectivity index (χ1n) is 5.83. The normalized spacial score (nSPS) is 11.3. The zero-order chi connectivity index (χ0) is 14.8. The van der Waals surface area contributed by atoms with Crippen LogP contribution in [-0.4, -0.2) is 15.5 Å². The maximum absolute atomic E-state index is 13.3. The summed E-state index contributed by atoms with van der Waals surface area (Å²) >= 11 is 0. The average Bonchev–Trinajstić information content (AvgIpc) is 2.38. The zero-order valence-corrected chi connectivity index (χ0v) is 11.7. The van der Waals surface area contributed by atoms with Crippen LogP contribution in [0.1, 0.15) is 5.56 Å². The van der Waals surface area contributed by atoms with Gasteiger partial charge in [-0.05, 0) is 24.3 Å². The second-order valence-electron chi connectivity index (χ2n) is 4.29. The Hall–Kier alpha value is -2.08. The third-order valence-corrected chi connectivity index (χ3v) is 4.44. The summed E-state index contributed by atoms with van der Waals surface area (Å²) < 4.78 is 43.0. The summed E-state index contributed by atoms with van der Waals surface area (Å²) in [5.74, 6) is -0.482. The summed E-state index contributed by atoms with van der Waals surface area (Å²) in [6.45, 7) is 0. The van der Waals surface area contributed by atoms with Gasteiger partial charge in [0.05, 0.1) is 17.8 Å². The van der Waals surface area contributed by atoms with E-state index in [1.165, 1.54) is 13.2 Å². The fourth-order valence-corrected chi connectivity index (χ4v) is 3.30. The van der Waals surface area contributed by atoms with Gasteiger partial charge in [0.25, 0.3) is 0 Å². The molecule has 20 heavy (non-hydrogen) atoms. The number of para-hydroxylation sites is 1. The molecule has 2 aromatic rings. The maximum atomic E-state index is 13.3. The fourth-order valence-electron chi connectivity index (χ4n) is 1.87. The highest BCUT2D eigenvalue weighted by molar-refractivity contribution is 7.90. The Labute approximate surface area is 116 Å². The summed E-state index contributed by atoms with van der Waals surface area (Å²) in [5, 5.41) is 0. The largest absolute Gasteiger partial charge is 0.496 e. The molecule has 0 heterocycles. The van der Waals surface area contributed by atoms with E-state index in [9.17, 15) is 12.8 Å². The van der Waals surface area contributed by atoms with Gasteiger partial charge >= 0.3 is 0 Å². The molecule has 0 aliphatic rings.